The monoisotopic (exact) mass is 379 g/mol. The second-order valence-electron chi connectivity index (χ2n) is 5.51. The third-order valence-electron chi connectivity index (χ3n) is 3.45. The molecule has 1 saturated carbocycles. The van der Waals surface area contributed by atoms with Gasteiger partial charge in [0.2, 0.25) is 10.0 Å². The second-order valence-corrected chi connectivity index (χ2v) is 8.49. The number of nitrogens with zero attached hydrogens (tertiary/aromatic N) is 1. The van der Waals surface area contributed by atoms with Crippen molar-refractivity contribution in [1.82, 2.24) is 4.31 Å². The Bertz CT molecular complexity index is 585. The maximum atomic E-state index is 12.8. The molecule has 2 rings (SSSR count). The summed E-state index contributed by atoms with van der Waals surface area (Å²) in [7, 11) is -3.47. The fourth-order valence-corrected chi connectivity index (χ4v) is 5.07. The molecule has 1 aromatic rings. The molecule has 1 fully saturated rings. The molecule has 0 N–H and O–H groups in total. The van der Waals surface area contributed by atoms with Crippen LogP contribution in [0.5, 0.6) is 0 Å². The van der Waals surface area contributed by atoms with Gasteiger partial charge in [-0.1, -0.05) is 6.07 Å². The first kappa shape index (κ1) is 16.3. The summed E-state index contributed by atoms with van der Waals surface area (Å²) >= 11 is 9.13. The predicted molar refractivity (Wildman–Crippen MR) is 85.5 cm³/mol. The molecular weight excluding hydrogens is 362 g/mol. The van der Waals surface area contributed by atoms with E-state index in [1.54, 1.807) is 22.5 Å². The average molecular weight is 381 g/mol. The highest BCUT2D eigenvalue weighted by Crippen LogP contribution is 2.34. The topological polar surface area (TPSA) is 37.4 Å². The Morgan fingerprint density at radius 3 is 2.50 bits per heavy atom. The molecule has 0 atom stereocenters. The van der Waals surface area contributed by atoms with E-state index in [-0.39, 0.29) is 6.04 Å². The van der Waals surface area contributed by atoms with Crippen LogP contribution in [-0.4, -0.2) is 25.3 Å². The fraction of sp³-hybridized carbons (Fsp3) is 0.571. The van der Waals surface area contributed by atoms with Crippen molar-refractivity contribution >= 4 is 37.6 Å². The lowest BCUT2D eigenvalue weighted by atomic mass is 10.2. The van der Waals surface area contributed by atoms with E-state index in [0.29, 0.717) is 27.7 Å². The first-order chi connectivity index (χ1) is 9.36. The molecule has 112 valence electrons. The highest BCUT2D eigenvalue weighted by atomic mass is 79.9. The smallest absolute Gasteiger partial charge is 0.207 e. The summed E-state index contributed by atoms with van der Waals surface area (Å²) in [6.45, 7) is 4.45. The molecule has 0 unspecified atom stereocenters. The summed E-state index contributed by atoms with van der Waals surface area (Å²) in [5, 5.41) is 0. The summed E-state index contributed by atoms with van der Waals surface area (Å²) in [4.78, 5) is 0.320. The number of sulfonamides is 1. The van der Waals surface area contributed by atoms with Crippen molar-refractivity contribution in [1.29, 1.82) is 0 Å². The Morgan fingerprint density at radius 1 is 1.40 bits per heavy atom. The number of hydrogen-bond donors (Lipinski definition) is 0. The van der Waals surface area contributed by atoms with Crippen LogP contribution in [0.25, 0.3) is 0 Å². The largest absolute Gasteiger partial charge is 0.244 e. The first-order valence-electron chi connectivity index (χ1n) is 6.72. The van der Waals surface area contributed by atoms with Gasteiger partial charge < -0.3 is 0 Å². The van der Waals surface area contributed by atoms with Gasteiger partial charge >= 0.3 is 0 Å². The summed E-state index contributed by atoms with van der Waals surface area (Å²) in [6, 6.07) is 5.13. The van der Waals surface area contributed by atoms with Crippen molar-refractivity contribution in [3.63, 3.8) is 0 Å². The van der Waals surface area contributed by atoms with Crippen molar-refractivity contribution in [2.75, 3.05) is 6.54 Å². The molecule has 6 heteroatoms. The van der Waals surface area contributed by atoms with E-state index in [9.17, 15) is 8.42 Å². The average Bonchev–Trinajstić information content (AvgIpc) is 3.18. The Labute approximate surface area is 134 Å². The van der Waals surface area contributed by atoms with Crippen molar-refractivity contribution in [3.05, 3.63) is 28.2 Å². The van der Waals surface area contributed by atoms with E-state index in [1.165, 1.54) is 0 Å². The van der Waals surface area contributed by atoms with Crippen LogP contribution in [0.3, 0.4) is 0 Å². The Kier molecular flexibility index (Phi) is 5.16. The molecule has 0 heterocycles. The van der Waals surface area contributed by atoms with E-state index in [1.807, 2.05) is 13.8 Å². The van der Waals surface area contributed by atoms with Crippen LogP contribution in [0.1, 0.15) is 32.3 Å². The molecule has 1 aromatic carbocycles. The molecule has 0 saturated heterocycles. The first-order valence-corrected chi connectivity index (χ1v) is 9.49. The van der Waals surface area contributed by atoms with Gasteiger partial charge in [-0.25, -0.2) is 8.42 Å². The van der Waals surface area contributed by atoms with Gasteiger partial charge in [-0.2, -0.15) is 4.31 Å². The molecule has 0 aliphatic heterocycles. The highest BCUT2D eigenvalue weighted by Gasteiger charge is 2.34. The van der Waals surface area contributed by atoms with Gasteiger partial charge in [0.15, 0.2) is 0 Å². The standard InChI is InChI=1S/C14H19BrClNO2S/c1-10(2)17(9-11-3-4-11)20(18,19)14-6-5-12(8-16)7-13(14)15/h5-7,10-11H,3-4,8-9H2,1-2H3. The van der Waals surface area contributed by atoms with Crippen molar-refractivity contribution in [3.8, 4) is 0 Å². The fourth-order valence-electron chi connectivity index (χ4n) is 2.10. The second kappa shape index (κ2) is 6.34. The number of hydrogen-bond acceptors (Lipinski definition) is 2. The zero-order valence-corrected chi connectivity index (χ0v) is 14.8. The van der Waals surface area contributed by atoms with Crippen LogP contribution in [0.15, 0.2) is 27.6 Å². The van der Waals surface area contributed by atoms with Crippen molar-refractivity contribution in [2.24, 2.45) is 5.92 Å². The normalized spacial score (nSPS) is 16.1. The molecule has 1 aliphatic rings. The maximum absolute atomic E-state index is 12.8. The zero-order chi connectivity index (χ0) is 14.9. The lowest BCUT2D eigenvalue weighted by Crippen LogP contribution is -2.38. The molecule has 20 heavy (non-hydrogen) atoms. The molecular formula is C14H19BrClNO2S. The van der Waals surface area contributed by atoms with Crippen LogP contribution in [0.4, 0.5) is 0 Å². The van der Waals surface area contributed by atoms with E-state index < -0.39 is 10.0 Å². The summed E-state index contributed by atoms with van der Waals surface area (Å²) in [5.41, 5.74) is 0.899. The number of alkyl halides is 1. The molecule has 1 aliphatic carbocycles. The lowest BCUT2D eigenvalue weighted by molar-refractivity contribution is 0.341. The summed E-state index contributed by atoms with van der Waals surface area (Å²) in [5.74, 6) is 0.891. The van der Waals surface area contributed by atoms with E-state index >= 15 is 0 Å². The molecule has 3 nitrogen and oxygen atoms in total. The number of rotatable bonds is 6. The SMILES string of the molecule is CC(C)N(CC1CC1)S(=O)(=O)c1ccc(CCl)cc1Br. The van der Waals surface area contributed by atoms with E-state index in [4.69, 9.17) is 11.6 Å². The zero-order valence-electron chi connectivity index (χ0n) is 11.6. The Morgan fingerprint density at radius 2 is 2.05 bits per heavy atom. The molecule has 0 spiro atoms. The number of halogens is 2. The van der Waals surface area contributed by atoms with Crippen LogP contribution in [0, 0.1) is 5.92 Å². The minimum Gasteiger partial charge on any atom is -0.207 e. The highest BCUT2D eigenvalue weighted by molar-refractivity contribution is 9.10. The minimum atomic E-state index is -3.47. The minimum absolute atomic E-state index is 0.0415. The predicted octanol–water partition coefficient (Wildman–Crippen LogP) is 4.00. The maximum Gasteiger partial charge on any atom is 0.244 e. The van der Waals surface area contributed by atoms with Gasteiger partial charge in [-0.05, 0) is 66.2 Å². The van der Waals surface area contributed by atoms with Gasteiger partial charge in [0.05, 0.1) is 4.90 Å². The molecule has 0 aromatic heterocycles. The Hall–Kier alpha value is -0.100. The quantitative estimate of drug-likeness (QED) is 0.700. The molecule has 0 radical (unpaired) electrons. The van der Waals surface area contributed by atoms with Gasteiger partial charge in [0, 0.05) is 22.9 Å². The van der Waals surface area contributed by atoms with Gasteiger partial charge in [-0.3, -0.25) is 0 Å². The summed E-state index contributed by atoms with van der Waals surface area (Å²) in [6.07, 6.45) is 2.26. The van der Waals surface area contributed by atoms with Crippen LogP contribution < -0.4 is 0 Å². The van der Waals surface area contributed by atoms with Crippen molar-refractivity contribution in [2.45, 2.75) is 43.5 Å². The Balaban J connectivity index is 2.36. The van der Waals surface area contributed by atoms with Crippen LogP contribution >= 0.6 is 27.5 Å². The number of benzene rings is 1. The van der Waals surface area contributed by atoms with Gasteiger partial charge in [0.25, 0.3) is 0 Å². The van der Waals surface area contributed by atoms with Crippen molar-refractivity contribution < 1.29 is 8.42 Å². The van der Waals surface area contributed by atoms with Crippen LogP contribution in [0.2, 0.25) is 0 Å². The molecule has 0 amide bonds. The van der Waals surface area contributed by atoms with Crippen LogP contribution in [-0.2, 0) is 15.9 Å². The third kappa shape index (κ3) is 3.56. The van der Waals surface area contributed by atoms with Gasteiger partial charge in [0.1, 0.15) is 0 Å². The third-order valence-corrected chi connectivity index (χ3v) is 6.78. The summed E-state index contributed by atoms with van der Waals surface area (Å²) < 4.78 is 27.8. The van der Waals surface area contributed by atoms with E-state index in [2.05, 4.69) is 15.9 Å². The van der Waals surface area contributed by atoms with Gasteiger partial charge in [-0.15, -0.1) is 11.6 Å². The molecule has 0 bridgehead atoms. The van der Waals surface area contributed by atoms with E-state index in [0.717, 1.165) is 18.4 Å². The lowest BCUT2D eigenvalue weighted by Gasteiger charge is -2.26.